The van der Waals surface area contributed by atoms with Gasteiger partial charge in [-0.3, -0.25) is 9.59 Å². The van der Waals surface area contributed by atoms with E-state index in [0.717, 1.165) is 19.4 Å². The van der Waals surface area contributed by atoms with Crippen molar-refractivity contribution in [1.82, 2.24) is 0 Å². The smallest absolute Gasteiger partial charge is 0.140 e. The number of Topliss-reactive ketones (excluding diaryl/α,β-unsaturated/α-hetero) is 2. The number of unbranched alkanes of at least 4 members (excludes halogenated alkanes) is 7. The molecule has 3 nitrogen and oxygen atoms in total. The fourth-order valence-corrected chi connectivity index (χ4v) is 2.18. The van der Waals surface area contributed by atoms with Crippen molar-refractivity contribution in [3.05, 3.63) is 0 Å². The van der Waals surface area contributed by atoms with E-state index in [1.54, 1.807) is 0 Å². The van der Waals surface area contributed by atoms with E-state index in [1.807, 2.05) is 0 Å². The van der Waals surface area contributed by atoms with E-state index in [2.05, 4.69) is 6.92 Å². The highest BCUT2D eigenvalue weighted by Gasteiger charge is 2.04. The summed E-state index contributed by atoms with van der Waals surface area (Å²) in [6, 6.07) is 0. The van der Waals surface area contributed by atoms with E-state index in [9.17, 15) is 9.59 Å². The van der Waals surface area contributed by atoms with Gasteiger partial charge < -0.3 is 4.74 Å². The van der Waals surface area contributed by atoms with Crippen LogP contribution < -0.4 is 0 Å². The summed E-state index contributed by atoms with van der Waals surface area (Å²) < 4.78 is 5.50. The maximum absolute atomic E-state index is 11.3. The Hall–Kier alpha value is -0.700. The van der Waals surface area contributed by atoms with Gasteiger partial charge >= 0.3 is 0 Å². The highest BCUT2D eigenvalue weighted by molar-refractivity contribution is 5.97. The van der Waals surface area contributed by atoms with Crippen LogP contribution in [0.5, 0.6) is 0 Å². The lowest BCUT2D eigenvalue weighted by molar-refractivity contribution is -0.126. The molecule has 3 heteroatoms. The summed E-state index contributed by atoms with van der Waals surface area (Å²) in [6.45, 7) is 5.14. The van der Waals surface area contributed by atoms with Crippen molar-refractivity contribution in [2.24, 2.45) is 0 Å². The van der Waals surface area contributed by atoms with Crippen LogP contribution in [0.15, 0.2) is 0 Å². The first-order chi connectivity index (χ1) is 9.66. The molecule has 0 spiro atoms. The van der Waals surface area contributed by atoms with Gasteiger partial charge in [0.15, 0.2) is 0 Å². The minimum Gasteiger partial charge on any atom is -0.381 e. The Balaban J connectivity index is 3.09. The van der Waals surface area contributed by atoms with Gasteiger partial charge in [0.2, 0.25) is 0 Å². The Morgan fingerprint density at radius 1 is 0.800 bits per heavy atom. The van der Waals surface area contributed by atoms with E-state index in [1.165, 1.54) is 51.9 Å². The minimum absolute atomic E-state index is 0.0354. The van der Waals surface area contributed by atoms with Crippen LogP contribution in [-0.4, -0.2) is 24.8 Å². The summed E-state index contributed by atoms with van der Waals surface area (Å²) >= 11 is 0. The summed E-state index contributed by atoms with van der Waals surface area (Å²) in [5.41, 5.74) is 0. The zero-order valence-electron chi connectivity index (χ0n) is 13.4. The van der Waals surface area contributed by atoms with Gasteiger partial charge in [0.1, 0.15) is 11.6 Å². The van der Waals surface area contributed by atoms with Crippen LogP contribution >= 0.6 is 0 Å². The summed E-state index contributed by atoms with van der Waals surface area (Å²) in [5.74, 6) is -0.0111. The molecule has 0 aliphatic rings. The first-order valence-corrected chi connectivity index (χ1v) is 8.25. The van der Waals surface area contributed by atoms with Gasteiger partial charge in [0, 0.05) is 19.6 Å². The summed E-state index contributed by atoms with van der Waals surface area (Å²) in [4.78, 5) is 22.0. The fraction of sp³-hybridized carbons (Fsp3) is 0.882. The Morgan fingerprint density at radius 3 is 1.95 bits per heavy atom. The molecule has 0 bridgehead atoms. The standard InChI is InChI=1S/C17H32O3/c1-3-4-5-6-7-8-9-10-13-20-14-11-12-17(19)15-16(2)18/h3-15H2,1-2H3. The third kappa shape index (κ3) is 15.4. The number of carbonyl (C=O) groups is 2. The lowest BCUT2D eigenvalue weighted by atomic mass is 10.1. The molecule has 0 aliphatic heterocycles. The number of ketones is 2. The Labute approximate surface area is 124 Å². The maximum Gasteiger partial charge on any atom is 0.140 e. The number of rotatable bonds is 15. The molecule has 0 atom stereocenters. The Kier molecular flexibility index (Phi) is 14.2. The summed E-state index contributed by atoms with van der Waals surface area (Å²) in [6.07, 6.45) is 11.7. The number of carbonyl (C=O) groups excluding carboxylic acids is 2. The van der Waals surface area contributed by atoms with Gasteiger partial charge in [0.05, 0.1) is 6.42 Å². The first-order valence-electron chi connectivity index (χ1n) is 8.25. The highest BCUT2D eigenvalue weighted by atomic mass is 16.5. The predicted octanol–water partition coefficient (Wildman–Crippen LogP) is 4.47. The Bertz CT molecular complexity index is 249. The van der Waals surface area contributed by atoms with Crippen LogP contribution in [0.1, 0.15) is 84.5 Å². The molecule has 0 rings (SSSR count). The number of ether oxygens (including phenoxy) is 1. The number of hydrogen-bond donors (Lipinski definition) is 0. The molecule has 0 aromatic rings. The molecule has 0 heterocycles. The third-order valence-electron chi connectivity index (χ3n) is 3.33. The molecular formula is C17H32O3. The largest absolute Gasteiger partial charge is 0.381 e. The molecule has 0 radical (unpaired) electrons. The lowest BCUT2D eigenvalue weighted by Crippen LogP contribution is -2.06. The molecule has 0 aromatic carbocycles. The molecule has 0 N–H and O–H groups in total. The molecule has 0 saturated carbocycles. The SMILES string of the molecule is CCCCCCCCCCOCCCC(=O)CC(C)=O. The lowest BCUT2D eigenvalue weighted by Gasteiger charge is -2.04. The van der Waals surface area contributed by atoms with Crippen molar-refractivity contribution >= 4 is 11.6 Å². The van der Waals surface area contributed by atoms with Gasteiger partial charge in [-0.15, -0.1) is 0 Å². The highest BCUT2D eigenvalue weighted by Crippen LogP contribution is 2.08. The van der Waals surface area contributed by atoms with Crippen LogP contribution in [0.2, 0.25) is 0 Å². The molecular weight excluding hydrogens is 252 g/mol. The second-order valence-corrected chi connectivity index (χ2v) is 5.61. The molecule has 0 fully saturated rings. The number of hydrogen-bond acceptors (Lipinski definition) is 3. The topological polar surface area (TPSA) is 43.4 Å². The van der Waals surface area contributed by atoms with E-state index in [4.69, 9.17) is 4.74 Å². The van der Waals surface area contributed by atoms with E-state index >= 15 is 0 Å². The monoisotopic (exact) mass is 284 g/mol. The fourth-order valence-electron chi connectivity index (χ4n) is 2.18. The van der Waals surface area contributed by atoms with Crippen molar-refractivity contribution in [3.8, 4) is 0 Å². The molecule has 0 amide bonds. The van der Waals surface area contributed by atoms with E-state index in [-0.39, 0.29) is 18.0 Å². The van der Waals surface area contributed by atoms with Crippen molar-refractivity contribution in [2.45, 2.75) is 84.5 Å². The molecule has 0 unspecified atom stereocenters. The second-order valence-electron chi connectivity index (χ2n) is 5.61. The minimum atomic E-state index is -0.0464. The van der Waals surface area contributed by atoms with Crippen molar-refractivity contribution in [1.29, 1.82) is 0 Å². The molecule has 20 heavy (non-hydrogen) atoms. The maximum atomic E-state index is 11.3. The van der Waals surface area contributed by atoms with E-state index < -0.39 is 0 Å². The first kappa shape index (κ1) is 19.3. The van der Waals surface area contributed by atoms with Gasteiger partial charge in [-0.05, 0) is 19.8 Å². The third-order valence-corrected chi connectivity index (χ3v) is 3.33. The van der Waals surface area contributed by atoms with Crippen molar-refractivity contribution in [3.63, 3.8) is 0 Å². The van der Waals surface area contributed by atoms with Gasteiger partial charge in [-0.25, -0.2) is 0 Å². The van der Waals surface area contributed by atoms with Gasteiger partial charge in [-0.1, -0.05) is 51.9 Å². The van der Waals surface area contributed by atoms with Crippen LogP contribution in [0.3, 0.4) is 0 Å². The average Bonchev–Trinajstić information content (AvgIpc) is 2.39. The van der Waals surface area contributed by atoms with Crippen LogP contribution in [0, 0.1) is 0 Å². The quantitative estimate of drug-likeness (QED) is 0.329. The van der Waals surface area contributed by atoms with E-state index in [0.29, 0.717) is 13.0 Å². The zero-order valence-corrected chi connectivity index (χ0v) is 13.4. The van der Waals surface area contributed by atoms with Crippen LogP contribution in [0.25, 0.3) is 0 Å². The normalized spacial score (nSPS) is 10.7. The molecule has 0 aromatic heterocycles. The second kappa shape index (κ2) is 14.7. The van der Waals surface area contributed by atoms with Crippen LogP contribution in [0.4, 0.5) is 0 Å². The predicted molar refractivity (Wildman–Crippen MR) is 83.0 cm³/mol. The van der Waals surface area contributed by atoms with Crippen LogP contribution in [-0.2, 0) is 14.3 Å². The van der Waals surface area contributed by atoms with Crippen molar-refractivity contribution in [2.75, 3.05) is 13.2 Å². The Morgan fingerprint density at radius 2 is 1.35 bits per heavy atom. The average molecular weight is 284 g/mol. The van der Waals surface area contributed by atoms with Gasteiger partial charge in [-0.2, -0.15) is 0 Å². The zero-order chi connectivity index (χ0) is 15.1. The van der Waals surface area contributed by atoms with Crippen molar-refractivity contribution < 1.29 is 14.3 Å². The molecule has 118 valence electrons. The summed E-state index contributed by atoms with van der Waals surface area (Å²) in [7, 11) is 0. The molecule has 0 aliphatic carbocycles. The summed E-state index contributed by atoms with van der Waals surface area (Å²) in [5, 5.41) is 0. The molecule has 0 saturated heterocycles. The van der Waals surface area contributed by atoms with Gasteiger partial charge in [0.25, 0.3) is 0 Å².